The van der Waals surface area contributed by atoms with E-state index in [2.05, 4.69) is 27.4 Å². The fraction of sp³-hybridized carbons (Fsp3) is 0.591. The summed E-state index contributed by atoms with van der Waals surface area (Å²) in [5.41, 5.74) is 1.76. The van der Waals surface area contributed by atoms with Crippen molar-refractivity contribution in [3.8, 4) is 0 Å². The Kier molecular flexibility index (Phi) is 12.4. The lowest BCUT2D eigenvalue weighted by molar-refractivity contribution is -0.149. The third-order valence-corrected chi connectivity index (χ3v) is 5.11. The molecule has 7 nitrogen and oxygen atoms in total. The lowest BCUT2D eigenvalue weighted by Crippen LogP contribution is -2.46. The number of nitrogens with zero attached hydrogens (tertiary/aromatic N) is 2. The molecule has 0 spiro atoms. The van der Waals surface area contributed by atoms with E-state index in [1.807, 2.05) is 31.2 Å². The van der Waals surface area contributed by atoms with Gasteiger partial charge in [-0.2, -0.15) is 0 Å². The van der Waals surface area contributed by atoms with E-state index in [1.165, 1.54) is 0 Å². The SMILES string of the molecule is CCCCNC(=O)c1ccc(CNC(=NC)N2CCC(C(=O)OCC)CC2)cc1.I. The highest BCUT2D eigenvalue weighted by Crippen LogP contribution is 2.18. The summed E-state index contributed by atoms with van der Waals surface area (Å²) >= 11 is 0. The van der Waals surface area contributed by atoms with E-state index in [1.54, 1.807) is 7.05 Å². The van der Waals surface area contributed by atoms with Gasteiger partial charge in [0.25, 0.3) is 5.91 Å². The molecule has 2 rings (SSSR count). The van der Waals surface area contributed by atoms with Crippen molar-refractivity contribution in [1.29, 1.82) is 0 Å². The highest BCUT2D eigenvalue weighted by Gasteiger charge is 2.27. The van der Waals surface area contributed by atoms with E-state index in [-0.39, 0.29) is 41.8 Å². The first-order chi connectivity index (χ1) is 14.1. The molecular weight excluding hydrogens is 495 g/mol. The molecule has 1 amide bonds. The second-order valence-electron chi connectivity index (χ2n) is 7.22. The van der Waals surface area contributed by atoms with E-state index in [0.29, 0.717) is 25.3 Å². The molecule has 0 bridgehead atoms. The first-order valence-electron chi connectivity index (χ1n) is 10.6. The molecule has 0 unspecified atom stereocenters. The number of nitrogens with one attached hydrogen (secondary N) is 2. The highest BCUT2D eigenvalue weighted by atomic mass is 127. The van der Waals surface area contributed by atoms with Gasteiger partial charge in [-0.3, -0.25) is 14.6 Å². The van der Waals surface area contributed by atoms with Crippen molar-refractivity contribution in [2.75, 3.05) is 33.3 Å². The maximum absolute atomic E-state index is 12.1. The van der Waals surface area contributed by atoms with E-state index in [0.717, 1.165) is 50.3 Å². The number of likely N-dealkylation sites (tertiary alicyclic amines) is 1. The van der Waals surface area contributed by atoms with Gasteiger partial charge >= 0.3 is 5.97 Å². The van der Waals surface area contributed by atoms with Crippen LogP contribution in [0.5, 0.6) is 0 Å². The Morgan fingerprint density at radius 2 is 1.80 bits per heavy atom. The number of halogens is 1. The molecule has 1 aliphatic heterocycles. The molecule has 0 aliphatic carbocycles. The molecule has 8 heteroatoms. The van der Waals surface area contributed by atoms with Gasteiger partial charge in [0.2, 0.25) is 0 Å². The molecule has 2 N–H and O–H groups in total. The van der Waals surface area contributed by atoms with Gasteiger partial charge in [0, 0.05) is 38.8 Å². The zero-order valence-corrected chi connectivity index (χ0v) is 20.6. The average molecular weight is 530 g/mol. The van der Waals surface area contributed by atoms with Gasteiger partial charge in [0.05, 0.1) is 12.5 Å². The third kappa shape index (κ3) is 8.12. The topological polar surface area (TPSA) is 83.0 Å². The molecule has 1 saturated heterocycles. The Balaban J connectivity index is 0.00000450. The number of esters is 1. The van der Waals surface area contributed by atoms with Gasteiger partial charge in [-0.15, -0.1) is 24.0 Å². The van der Waals surface area contributed by atoms with Gasteiger partial charge in [-0.25, -0.2) is 0 Å². The summed E-state index contributed by atoms with van der Waals surface area (Å²) < 4.78 is 5.13. The van der Waals surface area contributed by atoms with Crippen LogP contribution in [0.15, 0.2) is 29.3 Å². The number of rotatable bonds is 8. The predicted octanol–water partition coefficient (Wildman–Crippen LogP) is 3.19. The number of piperidine rings is 1. The zero-order chi connectivity index (χ0) is 21.1. The molecular formula is C22H35IN4O3. The molecule has 0 saturated carbocycles. The lowest BCUT2D eigenvalue weighted by Gasteiger charge is -2.33. The smallest absolute Gasteiger partial charge is 0.309 e. The van der Waals surface area contributed by atoms with Crippen LogP contribution in [0.2, 0.25) is 0 Å². The van der Waals surface area contributed by atoms with Crippen molar-refractivity contribution in [3.63, 3.8) is 0 Å². The summed E-state index contributed by atoms with van der Waals surface area (Å²) in [5.74, 6) is 0.696. The van der Waals surface area contributed by atoms with Crippen molar-refractivity contribution >= 4 is 41.8 Å². The van der Waals surface area contributed by atoms with Crippen LogP contribution >= 0.6 is 24.0 Å². The van der Waals surface area contributed by atoms with Crippen LogP contribution in [0.4, 0.5) is 0 Å². The second-order valence-corrected chi connectivity index (χ2v) is 7.22. The van der Waals surface area contributed by atoms with Crippen LogP contribution in [0.25, 0.3) is 0 Å². The maximum atomic E-state index is 12.1. The molecule has 1 heterocycles. The Morgan fingerprint density at radius 1 is 1.13 bits per heavy atom. The molecule has 0 radical (unpaired) electrons. The van der Waals surface area contributed by atoms with Gasteiger partial charge in [-0.05, 0) is 43.9 Å². The highest BCUT2D eigenvalue weighted by molar-refractivity contribution is 14.0. The van der Waals surface area contributed by atoms with E-state index < -0.39 is 0 Å². The fourth-order valence-corrected chi connectivity index (χ4v) is 3.36. The van der Waals surface area contributed by atoms with Crippen molar-refractivity contribution < 1.29 is 14.3 Å². The summed E-state index contributed by atoms with van der Waals surface area (Å²) in [4.78, 5) is 30.5. The number of benzene rings is 1. The number of hydrogen-bond acceptors (Lipinski definition) is 4. The molecule has 168 valence electrons. The molecule has 1 aliphatic rings. The Bertz CT molecular complexity index is 686. The Hall–Kier alpha value is -1.84. The minimum atomic E-state index is -0.0890. The number of carbonyl (C=O) groups excluding carboxylic acids is 2. The molecule has 30 heavy (non-hydrogen) atoms. The number of hydrogen-bond donors (Lipinski definition) is 2. The normalized spacial score (nSPS) is 14.6. The first-order valence-corrected chi connectivity index (χ1v) is 10.6. The molecule has 1 aromatic rings. The summed E-state index contributed by atoms with van der Waals surface area (Å²) in [6.07, 6.45) is 3.61. The molecule has 1 fully saturated rings. The van der Waals surface area contributed by atoms with Crippen LogP contribution < -0.4 is 10.6 Å². The van der Waals surface area contributed by atoms with Crippen LogP contribution in [-0.4, -0.2) is 56.0 Å². The van der Waals surface area contributed by atoms with Gasteiger partial charge in [0.1, 0.15) is 0 Å². The van der Waals surface area contributed by atoms with Crippen LogP contribution in [0, 0.1) is 5.92 Å². The van der Waals surface area contributed by atoms with Gasteiger partial charge < -0.3 is 20.3 Å². The van der Waals surface area contributed by atoms with Gasteiger partial charge in [-0.1, -0.05) is 25.5 Å². The van der Waals surface area contributed by atoms with E-state index in [4.69, 9.17) is 4.74 Å². The number of ether oxygens (including phenoxy) is 1. The first kappa shape index (κ1) is 26.2. The monoisotopic (exact) mass is 530 g/mol. The molecule has 0 aromatic heterocycles. The minimum Gasteiger partial charge on any atom is -0.466 e. The number of amides is 1. The van der Waals surface area contributed by atoms with E-state index >= 15 is 0 Å². The number of aliphatic imine (C=N–C) groups is 1. The number of carbonyl (C=O) groups is 2. The molecule has 0 atom stereocenters. The molecule has 1 aromatic carbocycles. The number of guanidine groups is 1. The Labute approximate surface area is 197 Å². The lowest BCUT2D eigenvalue weighted by atomic mass is 9.97. The van der Waals surface area contributed by atoms with Gasteiger partial charge in [0.15, 0.2) is 5.96 Å². The van der Waals surface area contributed by atoms with Crippen molar-refractivity contribution in [2.45, 2.75) is 46.1 Å². The minimum absolute atomic E-state index is 0. The standard InChI is InChI=1S/C22H34N4O3.HI/c1-4-6-13-24-20(27)18-9-7-17(8-10-18)16-25-22(23-3)26-14-11-19(12-15-26)21(28)29-5-2;/h7-10,19H,4-6,11-16H2,1-3H3,(H,23,25)(H,24,27);1H. The summed E-state index contributed by atoms with van der Waals surface area (Å²) in [6.45, 7) is 7.26. The summed E-state index contributed by atoms with van der Waals surface area (Å²) in [5, 5.41) is 6.30. The van der Waals surface area contributed by atoms with E-state index in [9.17, 15) is 9.59 Å². The third-order valence-electron chi connectivity index (χ3n) is 5.11. The second kappa shape index (κ2) is 14.2. The van der Waals surface area contributed by atoms with Crippen LogP contribution in [-0.2, 0) is 16.1 Å². The van der Waals surface area contributed by atoms with Crippen LogP contribution in [0.1, 0.15) is 55.5 Å². The van der Waals surface area contributed by atoms with Crippen molar-refractivity contribution in [2.24, 2.45) is 10.9 Å². The zero-order valence-electron chi connectivity index (χ0n) is 18.3. The maximum Gasteiger partial charge on any atom is 0.309 e. The van der Waals surface area contributed by atoms with Crippen molar-refractivity contribution in [3.05, 3.63) is 35.4 Å². The average Bonchev–Trinajstić information content (AvgIpc) is 2.75. The summed E-state index contributed by atoms with van der Waals surface area (Å²) in [7, 11) is 1.77. The Morgan fingerprint density at radius 3 is 2.37 bits per heavy atom. The predicted molar refractivity (Wildman–Crippen MR) is 130 cm³/mol. The number of unbranched alkanes of at least 4 members (excludes halogenated alkanes) is 1. The van der Waals surface area contributed by atoms with Crippen molar-refractivity contribution in [1.82, 2.24) is 15.5 Å². The largest absolute Gasteiger partial charge is 0.466 e. The van der Waals surface area contributed by atoms with Crippen LogP contribution in [0.3, 0.4) is 0 Å². The summed E-state index contributed by atoms with van der Waals surface area (Å²) in [6, 6.07) is 7.63. The fourth-order valence-electron chi connectivity index (χ4n) is 3.36. The quantitative estimate of drug-likeness (QED) is 0.177.